The molecule has 0 radical (unpaired) electrons. The second-order valence-corrected chi connectivity index (χ2v) is 3.35. The number of nitro groups is 1. The van der Waals surface area contributed by atoms with Crippen molar-refractivity contribution in [3.8, 4) is 0 Å². The third-order valence-electron chi connectivity index (χ3n) is 2.15. The zero-order chi connectivity index (χ0) is 11.7. The average molecular weight is 222 g/mol. The molecule has 0 atom stereocenters. The summed E-state index contributed by atoms with van der Waals surface area (Å²) in [6, 6.07) is 0. The number of aromatic nitrogens is 4. The largest absolute Gasteiger partial charge is 0.378 e. The number of nitrogen functional groups attached to an aromatic ring is 1. The molecule has 0 aliphatic heterocycles. The van der Waals surface area contributed by atoms with Gasteiger partial charge in [-0.3, -0.25) is 14.8 Å². The summed E-state index contributed by atoms with van der Waals surface area (Å²) in [7, 11) is 1.79. The van der Waals surface area contributed by atoms with Gasteiger partial charge in [0.25, 0.3) is 0 Å². The molecule has 2 heterocycles. The van der Waals surface area contributed by atoms with Gasteiger partial charge in [-0.2, -0.15) is 10.2 Å². The highest BCUT2D eigenvalue weighted by Crippen LogP contribution is 2.20. The van der Waals surface area contributed by atoms with Gasteiger partial charge in [0.1, 0.15) is 6.20 Å². The van der Waals surface area contributed by atoms with Crippen LogP contribution >= 0.6 is 0 Å². The molecule has 0 fully saturated rings. The topological polar surface area (TPSA) is 105 Å². The van der Waals surface area contributed by atoms with E-state index in [-0.39, 0.29) is 11.5 Å². The van der Waals surface area contributed by atoms with Crippen molar-refractivity contribution in [1.29, 1.82) is 0 Å². The van der Waals surface area contributed by atoms with Crippen LogP contribution in [-0.4, -0.2) is 24.5 Å². The lowest BCUT2D eigenvalue weighted by Crippen LogP contribution is -2.06. The highest BCUT2D eigenvalue weighted by atomic mass is 16.6. The monoisotopic (exact) mass is 222 g/mol. The second kappa shape index (κ2) is 3.65. The minimum atomic E-state index is -0.553. The van der Waals surface area contributed by atoms with Crippen molar-refractivity contribution >= 4 is 11.5 Å². The molecule has 0 spiro atoms. The van der Waals surface area contributed by atoms with Gasteiger partial charge < -0.3 is 5.73 Å². The smallest absolute Gasteiger partial charge is 0.330 e. The Morgan fingerprint density at radius 2 is 2.25 bits per heavy atom. The van der Waals surface area contributed by atoms with Crippen molar-refractivity contribution < 1.29 is 4.92 Å². The summed E-state index contributed by atoms with van der Waals surface area (Å²) in [5.41, 5.74) is 6.30. The molecule has 8 heteroatoms. The molecule has 2 aromatic heterocycles. The predicted octanol–water partition coefficient (Wildman–Crippen LogP) is 0.155. The number of hydrogen-bond donors (Lipinski definition) is 1. The molecule has 8 nitrogen and oxygen atoms in total. The van der Waals surface area contributed by atoms with Crippen LogP contribution in [0.3, 0.4) is 0 Å². The maximum atomic E-state index is 10.5. The number of hydrogen-bond acceptors (Lipinski definition) is 5. The van der Waals surface area contributed by atoms with E-state index in [1.165, 1.54) is 4.68 Å². The van der Waals surface area contributed by atoms with Crippen molar-refractivity contribution in [3.05, 3.63) is 34.3 Å². The Bertz CT molecular complexity index is 528. The van der Waals surface area contributed by atoms with Crippen LogP contribution in [0.25, 0.3) is 0 Å². The van der Waals surface area contributed by atoms with Gasteiger partial charge in [0, 0.05) is 18.8 Å². The van der Waals surface area contributed by atoms with Crippen LogP contribution in [0.5, 0.6) is 0 Å². The quantitative estimate of drug-likeness (QED) is 0.588. The van der Waals surface area contributed by atoms with Crippen LogP contribution in [0.15, 0.2) is 18.6 Å². The lowest BCUT2D eigenvalue weighted by atomic mass is 10.3. The van der Waals surface area contributed by atoms with Crippen LogP contribution in [0.2, 0.25) is 0 Å². The average Bonchev–Trinajstić information content (AvgIpc) is 2.76. The highest BCUT2D eigenvalue weighted by molar-refractivity contribution is 5.51. The first-order valence-electron chi connectivity index (χ1n) is 4.51. The molecule has 0 amide bonds. The molecular weight excluding hydrogens is 212 g/mol. The molecule has 16 heavy (non-hydrogen) atoms. The molecular formula is C8H10N6O2. The number of nitrogens with two attached hydrogens (primary N) is 1. The molecule has 0 aliphatic carbocycles. The Morgan fingerprint density at radius 1 is 1.50 bits per heavy atom. The van der Waals surface area contributed by atoms with Crippen LogP contribution in [0.1, 0.15) is 5.56 Å². The summed E-state index contributed by atoms with van der Waals surface area (Å²) in [5.74, 6) is 0.0499. The zero-order valence-corrected chi connectivity index (χ0v) is 8.57. The van der Waals surface area contributed by atoms with E-state index in [0.29, 0.717) is 6.54 Å². The fourth-order valence-electron chi connectivity index (χ4n) is 1.38. The van der Waals surface area contributed by atoms with Gasteiger partial charge in [-0.15, -0.1) is 0 Å². The Kier molecular flexibility index (Phi) is 2.31. The molecule has 0 unspecified atom stereocenters. The van der Waals surface area contributed by atoms with Gasteiger partial charge in [-0.1, -0.05) is 0 Å². The summed E-state index contributed by atoms with van der Waals surface area (Å²) in [6.07, 6.45) is 4.60. The van der Waals surface area contributed by atoms with Crippen molar-refractivity contribution in [2.75, 3.05) is 5.73 Å². The van der Waals surface area contributed by atoms with Gasteiger partial charge in [0.2, 0.25) is 5.82 Å². The van der Waals surface area contributed by atoms with E-state index in [4.69, 9.17) is 5.73 Å². The summed E-state index contributed by atoms with van der Waals surface area (Å²) >= 11 is 0. The second-order valence-electron chi connectivity index (χ2n) is 3.35. The zero-order valence-electron chi connectivity index (χ0n) is 8.57. The molecule has 84 valence electrons. The van der Waals surface area contributed by atoms with E-state index >= 15 is 0 Å². The van der Waals surface area contributed by atoms with Crippen molar-refractivity contribution in [2.24, 2.45) is 7.05 Å². The Labute approximate surface area is 90.4 Å². The van der Waals surface area contributed by atoms with Gasteiger partial charge >= 0.3 is 5.69 Å². The molecule has 2 N–H and O–H groups in total. The van der Waals surface area contributed by atoms with E-state index in [0.717, 1.165) is 11.8 Å². The van der Waals surface area contributed by atoms with Crippen LogP contribution in [0, 0.1) is 10.1 Å². The van der Waals surface area contributed by atoms with E-state index in [2.05, 4.69) is 10.2 Å². The molecule has 2 rings (SSSR count). The normalized spacial score (nSPS) is 10.6. The van der Waals surface area contributed by atoms with Crippen molar-refractivity contribution in [3.63, 3.8) is 0 Å². The molecule has 0 bridgehead atoms. The number of anilines is 1. The first kappa shape index (κ1) is 10.1. The van der Waals surface area contributed by atoms with Gasteiger partial charge in [-0.05, 0) is 0 Å². The fourth-order valence-corrected chi connectivity index (χ4v) is 1.38. The summed E-state index contributed by atoms with van der Waals surface area (Å²) in [5, 5.41) is 18.4. The molecule has 0 aromatic carbocycles. The Morgan fingerprint density at radius 3 is 2.75 bits per heavy atom. The Hall–Kier alpha value is -2.38. The maximum absolute atomic E-state index is 10.5. The van der Waals surface area contributed by atoms with Gasteiger partial charge in [0.05, 0.1) is 17.7 Å². The first-order valence-corrected chi connectivity index (χ1v) is 4.51. The van der Waals surface area contributed by atoms with Crippen LogP contribution < -0.4 is 5.73 Å². The SMILES string of the molecule is Cn1cc(Cn2ncc([N+](=O)[O-])c2N)cn1. The molecule has 0 saturated carbocycles. The summed E-state index contributed by atoms with van der Waals surface area (Å²) in [6.45, 7) is 0.369. The van der Waals surface area contributed by atoms with Gasteiger partial charge in [0.15, 0.2) is 0 Å². The Balaban J connectivity index is 2.25. The minimum Gasteiger partial charge on any atom is -0.378 e. The predicted molar refractivity (Wildman–Crippen MR) is 55.6 cm³/mol. The van der Waals surface area contributed by atoms with Crippen LogP contribution in [-0.2, 0) is 13.6 Å². The molecule has 2 aromatic rings. The van der Waals surface area contributed by atoms with E-state index in [9.17, 15) is 10.1 Å². The maximum Gasteiger partial charge on any atom is 0.330 e. The van der Waals surface area contributed by atoms with E-state index in [1.54, 1.807) is 24.1 Å². The first-order chi connectivity index (χ1) is 7.58. The fraction of sp³-hybridized carbons (Fsp3) is 0.250. The lowest BCUT2D eigenvalue weighted by Gasteiger charge is -1.99. The van der Waals surface area contributed by atoms with Gasteiger partial charge in [-0.25, -0.2) is 4.68 Å². The third-order valence-corrected chi connectivity index (χ3v) is 2.15. The van der Waals surface area contributed by atoms with Crippen molar-refractivity contribution in [1.82, 2.24) is 19.6 Å². The van der Waals surface area contributed by atoms with E-state index < -0.39 is 4.92 Å². The number of rotatable bonds is 3. The van der Waals surface area contributed by atoms with E-state index in [1.807, 2.05) is 0 Å². The van der Waals surface area contributed by atoms with Crippen molar-refractivity contribution in [2.45, 2.75) is 6.54 Å². The molecule has 0 aliphatic rings. The minimum absolute atomic E-state index is 0.0499. The molecule has 0 saturated heterocycles. The number of nitrogens with zero attached hydrogens (tertiary/aromatic N) is 5. The summed E-state index contributed by atoms with van der Waals surface area (Å²) < 4.78 is 3.01. The summed E-state index contributed by atoms with van der Waals surface area (Å²) in [4.78, 5) is 9.99. The lowest BCUT2D eigenvalue weighted by molar-refractivity contribution is -0.384. The van der Waals surface area contributed by atoms with Crippen LogP contribution in [0.4, 0.5) is 11.5 Å². The number of aryl methyl sites for hydroxylation is 1. The third kappa shape index (κ3) is 1.72. The highest BCUT2D eigenvalue weighted by Gasteiger charge is 2.17. The standard InChI is InChI=1S/C8H10N6O2/c1-12-4-6(2-10-12)5-13-8(9)7(3-11-13)14(15)16/h2-4H,5,9H2,1H3.